The van der Waals surface area contributed by atoms with E-state index in [2.05, 4.69) is 42.4 Å². The molecule has 0 atom stereocenters. The molecule has 4 nitrogen and oxygen atoms in total. The maximum absolute atomic E-state index is 13.1. The summed E-state index contributed by atoms with van der Waals surface area (Å²) in [6.07, 6.45) is 8.52. The number of carbonyl (C=O) groups is 1. The number of benzene rings is 2. The summed E-state index contributed by atoms with van der Waals surface area (Å²) in [5.41, 5.74) is 10.1. The van der Waals surface area contributed by atoms with Crippen LogP contribution < -0.4 is 5.43 Å². The first kappa shape index (κ1) is 24.0. The van der Waals surface area contributed by atoms with Crippen molar-refractivity contribution < 1.29 is 4.79 Å². The highest BCUT2D eigenvalue weighted by Crippen LogP contribution is 2.42. The molecule has 34 heavy (non-hydrogen) atoms. The zero-order chi connectivity index (χ0) is 24.3. The summed E-state index contributed by atoms with van der Waals surface area (Å²) < 4.78 is 0. The molecule has 0 unspecified atom stereocenters. The first-order valence-electron chi connectivity index (χ1n) is 11.8. The molecule has 1 aromatic heterocycles. The van der Waals surface area contributed by atoms with Gasteiger partial charge < -0.3 is 4.98 Å². The predicted molar refractivity (Wildman–Crippen MR) is 143 cm³/mol. The van der Waals surface area contributed by atoms with Crippen LogP contribution in [0.2, 0.25) is 5.02 Å². The van der Waals surface area contributed by atoms with Crippen LogP contribution in [0.15, 0.2) is 76.4 Å². The Hall–Kier alpha value is -3.11. The minimum Gasteiger partial charge on any atom is -0.350 e. The van der Waals surface area contributed by atoms with E-state index in [1.54, 1.807) is 6.21 Å². The molecule has 0 aliphatic heterocycles. The van der Waals surface area contributed by atoms with Crippen LogP contribution >= 0.6 is 11.6 Å². The minimum atomic E-state index is -0.290. The molecule has 3 aromatic rings. The number of aromatic nitrogens is 1. The van der Waals surface area contributed by atoms with Gasteiger partial charge >= 0.3 is 0 Å². The summed E-state index contributed by atoms with van der Waals surface area (Å²) in [5.74, 6) is -0.290. The quantitative estimate of drug-likeness (QED) is 0.212. The van der Waals surface area contributed by atoms with Gasteiger partial charge in [0.25, 0.3) is 5.91 Å². The average Bonchev–Trinajstić information content (AvgIpc) is 3.17. The van der Waals surface area contributed by atoms with E-state index in [1.165, 1.54) is 30.4 Å². The number of nitrogens with zero attached hydrogens (tertiary/aromatic N) is 1. The first-order valence-corrected chi connectivity index (χ1v) is 12.2. The molecular formula is C29H32ClN3O. The topological polar surface area (TPSA) is 57.2 Å². The van der Waals surface area contributed by atoms with Gasteiger partial charge in [-0.25, -0.2) is 5.43 Å². The number of hydrogen-bond acceptors (Lipinski definition) is 2. The van der Waals surface area contributed by atoms with Crippen molar-refractivity contribution in [1.29, 1.82) is 0 Å². The Labute approximate surface area is 206 Å². The van der Waals surface area contributed by atoms with Gasteiger partial charge in [-0.3, -0.25) is 4.79 Å². The molecule has 2 N–H and O–H groups in total. The summed E-state index contributed by atoms with van der Waals surface area (Å²) in [6, 6.07) is 15.4. The number of rotatable bonds is 6. The summed E-state index contributed by atoms with van der Waals surface area (Å²) in [4.78, 5) is 16.3. The van der Waals surface area contributed by atoms with E-state index in [1.807, 2.05) is 55.5 Å². The summed E-state index contributed by atoms with van der Waals surface area (Å²) >= 11 is 6.25. The largest absolute Gasteiger partial charge is 0.350 e. The maximum Gasteiger partial charge on any atom is 0.288 e. The van der Waals surface area contributed by atoms with Crippen LogP contribution in [0.4, 0.5) is 0 Å². The SMILES string of the molecule is CC(C=NNC(=O)c1[nH]c2ccc(Cl)cc2c1-c1ccccc1)=CCC1=C(C)CCCC1(C)C. The molecule has 0 saturated carbocycles. The molecule has 2 aromatic carbocycles. The molecule has 176 valence electrons. The number of nitrogens with one attached hydrogen (secondary N) is 2. The molecule has 0 saturated heterocycles. The lowest BCUT2D eigenvalue weighted by Gasteiger charge is -2.34. The fraction of sp³-hybridized carbons (Fsp3) is 0.310. The fourth-order valence-electron chi connectivity index (χ4n) is 4.93. The van der Waals surface area contributed by atoms with Crippen molar-refractivity contribution in [1.82, 2.24) is 10.4 Å². The van der Waals surface area contributed by atoms with Crippen molar-refractivity contribution in [3.8, 4) is 11.1 Å². The van der Waals surface area contributed by atoms with Crippen molar-refractivity contribution in [3.05, 3.63) is 82.0 Å². The minimum absolute atomic E-state index is 0.247. The molecule has 0 radical (unpaired) electrons. The Kier molecular flexibility index (Phi) is 7.08. The van der Waals surface area contributed by atoms with Crippen LogP contribution in [0.25, 0.3) is 22.0 Å². The van der Waals surface area contributed by atoms with Crippen LogP contribution in [0.1, 0.15) is 63.9 Å². The number of hydrogen-bond donors (Lipinski definition) is 2. The Morgan fingerprint density at radius 3 is 2.71 bits per heavy atom. The highest BCUT2D eigenvalue weighted by atomic mass is 35.5. The highest BCUT2D eigenvalue weighted by Gasteiger charge is 2.27. The van der Waals surface area contributed by atoms with E-state index in [0.717, 1.165) is 34.0 Å². The van der Waals surface area contributed by atoms with Gasteiger partial charge in [-0.15, -0.1) is 0 Å². The van der Waals surface area contributed by atoms with E-state index >= 15 is 0 Å². The third-order valence-corrected chi connectivity index (χ3v) is 7.03. The van der Waals surface area contributed by atoms with Gasteiger partial charge in [-0.1, -0.05) is 73.0 Å². The number of allylic oxidation sites excluding steroid dienone is 4. The molecule has 0 bridgehead atoms. The molecule has 0 spiro atoms. The Morgan fingerprint density at radius 2 is 1.97 bits per heavy atom. The zero-order valence-corrected chi connectivity index (χ0v) is 21.1. The van der Waals surface area contributed by atoms with Crippen LogP contribution in [0, 0.1) is 5.41 Å². The number of halogens is 1. The summed E-state index contributed by atoms with van der Waals surface area (Å²) in [5, 5.41) is 5.77. The lowest BCUT2D eigenvalue weighted by atomic mass is 9.71. The van der Waals surface area contributed by atoms with E-state index in [0.29, 0.717) is 10.7 Å². The Bertz CT molecular complexity index is 1300. The molecule has 1 aliphatic carbocycles. The zero-order valence-electron chi connectivity index (χ0n) is 20.3. The van der Waals surface area contributed by atoms with Crippen molar-refractivity contribution in [3.63, 3.8) is 0 Å². The maximum atomic E-state index is 13.1. The molecule has 0 fully saturated rings. The first-order chi connectivity index (χ1) is 16.3. The van der Waals surface area contributed by atoms with Gasteiger partial charge in [0.05, 0.1) is 0 Å². The van der Waals surface area contributed by atoms with Crippen molar-refractivity contribution in [2.24, 2.45) is 10.5 Å². The Morgan fingerprint density at radius 1 is 1.21 bits per heavy atom. The fourth-order valence-corrected chi connectivity index (χ4v) is 5.10. The number of amides is 1. The van der Waals surface area contributed by atoms with Crippen molar-refractivity contribution in [2.45, 2.75) is 53.4 Å². The third kappa shape index (κ3) is 5.18. The van der Waals surface area contributed by atoms with E-state index in [9.17, 15) is 4.79 Å². The molecular weight excluding hydrogens is 442 g/mol. The molecule has 1 amide bonds. The van der Waals surface area contributed by atoms with Crippen LogP contribution in [0.3, 0.4) is 0 Å². The number of H-pyrrole nitrogens is 1. The number of hydrazone groups is 1. The Balaban J connectivity index is 1.53. The molecule has 4 rings (SSSR count). The number of aromatic amines is 1. The van der Waals surface area contributed by atoms with Gasteiger partial charge in [-0.2, -0.15) is 5.10 Å². The van der Waals surface area contributed by atoms with E-state index in [-0.39, 0.29) is 11.3 Å². The van der Waals surface area contributed by atoms with Crippen LogP contribution in [-0.2, 0) is 0 Å². The summed E-state index contributed by atoms with van der Waals surface area (Å²) in [6.45, 7) is 8.94. The highest BCUT2D eigenvalue weighted by molar-refractivity contribution is 6.31. The number of fused-ring (bicyclic) bond motifs is 1. The molecule has 5 heteroatoms. The predicted octanol–water partition coefficient (Wildman–Crippen LogP) is 8.07. The molecule has 1 aliphatic rings. The average molecular weight is 474 g/mol. The smallest absolute Gasteiger partial charge is 0.288 e. The second kappa shape index (κ2) is 10.0. The van der Waals surface area contributed by atoms with E-state index in [4.69, 9.17) is 11.6 Å². The molecule has 1 heterocycles. The van der Waals surface area contributed by atoms with Crippen LogP contribution in [-0.4, -0.2) is 17.1 Å². The monoisotopic (exact) mass is 473 g/mol. The lowest BCUT2D eigenvalue weighted by Crippen LogP contribution is -2.20. The van der Waals surface area contributed by atoms with Crippen molar-refractivity contribution in [2.75, 3.05) is 0 Å². The van der Waals surface area contributed by atoms with Gasteiger partial charge in [0.2, 0.25) is 0 Å². The van der Waals surface area contributed by atoms with Gasteiger partial charge in [0.15, 0.2) is 0 Å². The second-order valence-electron chi connectivity index (χ2n) is 9.78. The van der Waals surface area contributed by atoms with Gasteiger partial charge in [0, 0.05) is 27.7 Å². The standard InChI is InChI=1S/C29H32ClN3O/c1-19(12-14-24-20(2)9-8-16-29(24,3)4)18-31-33-28(34)27-26(21-10-6-5-7-11-21)23-17-22(30)13-15-25(23)32-27/h5-7,10-13,15,17-18,32H,8-9,14,16H2,1-4H3,(H,33,34). The van der Waals surface area contributed by atoms with Gasteiger partial charge in [-0.05, 0) is 74.3 Å². The van der Waals surface area contributed by atoms with Crippen molar-refractivity contribution >= 4 is 34.6 Å². The summed E-state index contributed by atoms with van der Waals surface area (Å²) in [7, 11) is 0. The normalized spacial score (nSPS) is 16.4. The van der Waals surface area contributed by atoms with E-state index < -0.39 is 0 Å². The van der Waals surface area contributed by atoms with Crippen LogP contribution in [0.5, 0.6) is 0 Å². The number of carbonyl (C=O) groups excluding carboxylic acids is 1. The lowest BCUT2D eigenvalue weighted by molar-refractivity contribution is 0.0951. The second-order valence-corrected chi connectivity index (χ2v) is 10.2. The third-order valence-electron chi connectivity index (χ3n) is 6.80. The van der Waals surface area contributed by atoms with Gasteiger partial charge in [0.1, 0.15) is 5.69 Å².